The minimum absolute atomic E-state index is 0.0326. The second-order valence-electron chi connectivity index (χ2n) is 5.68. The van der Waals surface area contributed by atoms with E-state index in [0.717, 1.165) is 4.88 Å². The lowest BCUT2D eigenvalue weighted by Crippen LogP contribution is -2.51. The van der Waals surface area contributed by atoms with Crippen LogP contribution in [-0.2, 0) is 20.9 Å². The summed E-state index contributed by atoms with van der Waals surface area (Å²) in [6.45, 7) is -0.0326. The number of fused-ring (bicyclic) bond motifs is 1. The van der Waals surface area contributed by atoms with Crippen molar-refractivity contribution in [2.24, 2.45) is 0 Å². The molecule has 2 aromatic rings. The first-order valence-corrected chi connectivity index (χ1v) is 9.48. The molecule has 3 heterocycles. The smallest absolute Gasteiger partial charge is 0.355 e. The number of carbonyl (C=O) groups is 2. The Morgan fingerprint density at radius 1 is 1.33 bits per heavy atom. The highest BCUT2D eigenvalue weighted by atomic mass is 32.2. The van der Waals surface area contributed by atoms with Gasteiger partial charge in [-0.1, -0.05) is 0 Å². The number of β-lactam (4-membered cyclic amide) rings is 1. The number of aromatic nitrogens is 1. The third-order valence-corrected chi connectivity index (χ3v) is 5.79. The van der Waals surface area contributed by atoms with Gasteiger partial charge in [0.25, 0.3) is 11.6 Å². The zero-order valence-corrected chi connectivity index (χ0v) is 15.2. The van der Waals surface area contributed by atoms with Crippen LogP contribution in [0.25, 0.3) is 6.08 Å². The summed E-state index contributed by atoms with van der Waals surface area (Å²) in [4.78, 5) is 37.1. The normalized spacial score (nSPS) is 19.5. The maximum absolute atomic E-state index is 12.4. The van der Waals surface area contributed by atoms with E-state index in [1.807, 2.05) is 6.07 Å². The van der Waals surface area contributed by atoms with E-state index < -0.39 is 10.9 Å². The van der Waals surface area contributed by atoms with Crippen molar-refractivity contribution in [3.63, 3.8) is 0 Å². The molecule has 1 aromatic heterocycles. The molecule has 10 heteroatoms. The van der Waals surface area contributed by atoms with E-state index in [4.69, 9.17) is 4.74 Å². The van der Waals surface area contributed by atoms with Crippen LogP contribution in [0.4, 0.5) is 5.69 Å². The number of nitrogens with zero attached hydrogens (tertiary/aromatic N) is 3. The lowest BCUT2D eigenvalue weighted by molar-refractivity contribution is -0.384. The Balaban J connectivity index is 1.38. The molecular formula is C17H11N3O5S2. The van der Waals surface area contributed by atoms with Gasteiger partial charge in [-0.2, -0.15) is 0 Å². The van der Waals surface area contributed by atoms with Crippen molar-refractivity contribution in [2.75, 3.05) is 0 Å². The van der Waals surface area contributed by atoms with Crippen molar-refractivity contribution in [2.45, 2.75) is 12.0 Å². The van der Waals surface area contributed by atoms with Crippen molar-refractivity contribution in [1.29, 1.82) is 0 Å². The van der Waals surface area contributed by atoms with E-state index in [-0.39, 0.29) is 29.3 Å². The average molecular weight is 401 g/mol. The molecule has 0 bridgehead atoms. The third kappa shape index (κ3) is 3.24. The highest BCUT2D eigenvalue weighted by molar-refractivity contribution is 8.03. The standard InChI is InChI=1S/C17H11N3O5S2/c21-15-13(7-12-5-6-18-27-12)16-19(15)14(9-26-16)17(22)25-8-10-1-3-11(4-2-10)20(23)24/h1-7,9,16H,8H2. The Kier molecular flexibility index (Phi) is 4.50. The number of thioether (sulfide) groups is 1. The third-order valence-electron chi connectivity index (χ3n) is 4.02. The number of hydrogen-bond acceptors (Lipinski definition) is 8. The number of hydrogen-bond donors (Lipinski definition) is 0. The number of amides is 1. The van der Waals surface area contributed by atoms with Gasteiger partial charge >= 0.3 is 5.97 Å². The van der Waals surface area contributed by atoms with Crippen LogP contribution < -0.4 is 0 Å². The topological polar surface area (TPSA) is 103 Å². The highest BCUT2D eigenvalue weighted by Crippen LogP contribution is 2.45. The van der Waals surface area contributed by atoms with Gasteiger partial charge in [0.1, 0.15) is 17.7 Å². The summed E-state index contributed by atoms with van der Waals surface area (Å²) in [5.74, 6) is -0.828. The molecule has 2 aliphatic rings. The van der Waals surface area contributed by atoms with Crippen LogP contribution in [0.5, 0.6) is 0 Å². The van der Waals surface area contributed by atoms with Crippen molar-refractivity contribution < 1.29 is 19.2 Å². The van der Waals surface area contributed by atoms with Gasteiger partial charge in [-0.3, -0.25) is 19.8 Å². The second-order valence-corrected chi connectivity index (χ2v) is 7.50. The number of ether oxygens (including phenoxy) is 1. The molecule has 1 amide bonds. The first-order chi connectivity index (χ1) is 13.0. The molecule has 0 aliphatic carbocycles. The predicted octanol–water partition coefficient (Wildman–Crippen LogP) is 2.93. The minimum Gasteiger partial charge on any atom is -0.456 e. The molecule has 0 radical (unpaired) electrons. The monoisotopic (exact) mass is 401 g/mol. The molecule has 136 valence electrons. The van der Waals surface area contributed by atoms with Crippen LogP contribution in [-0.4, -0.2) is 31.4 Å². The predicted molar refractivity (Wildman–Crippen MR) is 99.3 cm³/mol. The van der Waals surface area contributed by atoms with Gasteiger partial charge < -0.3 is 4.74 Å². The van der Waals surface area contributed by atoms with Gasteiger partial charge in [-0.15, -0.1) is 11.8 Å². The molecule has 1 atom stereocenters. The molecule has 4 rings (SSSR count). The molecule has 0 saturated carbocycles. The van der Waals surface area contributed by atoms with Crippen LogP contribution >= 0.6 is 23.3 Å². The van der Waals surface area contributed by atoms with Crippen molar-refractivity contribution in [3.8, 4) is 0 Å². The Morgan fingerprint density at radius 2 is 2.11 bits per heavy atom. The summed E-state index contributed by atoms with van der Waals surface area (Å²) in [6.07, 6.45) is 3.45. The number of esters is 1. The van der Waals surface area contributed by atoms with Gasteiger partial charge in [0, 0.05) is 28.6 Å². The molecule has 1 aromatic carbocycles. The Bertz CT molecular complexity index is 983. The number of non-ortho nitro benzene ring substituents is 1. The molecular weight excluding hydrogens is 390 g/mol. The summed E-state index contributed by atoms with van der Waals surface area (Å²) in [5.41, 5.74) is 1.42. The van der Waals surface area contributed by atoms with Gasteiger partial charge in [0.05, 0.1) is 10.5 Å². The van der Waals surface area contributed by atoms with Gasteiger partial charge in [0.15, 0.2) is 0 Å². The number of nitro groups is 1. The van der Waals surface area contributed by atoms with Crippen LogP contribution in [0.3, 0.4) is 0 Å². The summed E-state index contributed by atoms with van der Waals surface area (Å²) in [7, 11) is 0. The number of carbonyl (C=O) groups excluding carboxylic acids is 2. The van der Waals surface area contributed by atoms with Crippen molar-refractivity contribution in [1.82, 2.24) is 9.27 Å². The van der Waals surface area contributed by atoms with E-state index in [1.165, 1.54) is 52.5 Å². The molecule has 8 nitrogen and oxygen atoms in total. The van der Waals surface area contributed by atoms with E-state index in [2.05, 4.69) is 4.37 Å². The van der Waals surface area contributed by atoms with Crippen LogP contribution in [0.1, 0.15) is 10.4 Å². The van der Waals surface area contributed by atoms with Gasteiger partial charge in [-0.05, 0) is 41.4 Å². The summed E-state index contributed by atoms with van der Waals surface area (Å²) in [6, 6.07) is 7.56. The van der Waals surface area contributed by atoms with E-state index >= 15 is 0 Å². The molecule has 2 aliphatic heterocycles. The maximum atomic E-state index is 12.4. The van der Waals surface area contributed by atoms with Crippen LogP contribution in [0.2, 0.25) is 0 Å². The highest BCUT2D eigenvalue weighted by Gasteiger charge is 2.49. The minimum atomic E-state index is -0.603. The van der Waals surface area contributed by atoms with E-state index in [9.17, 15) is 19.7 Å². The first-order valence-electron chi connectivity index (χ1n) is 7.76. The Morgan fingerprint density at radius 3 is 2.78 bits per heavy atom. The summed E-state index contributed by atoms with van der Waals surface area (Å²) in [5, 5.41) is 12.0. The van der Waals surface area contributed by atoms with Gasteiger partial charge in [-0.25, -0.2) is 9.17 Å². The SMILES string of the molecule is O=C(OCc1ccc([N+](=O)[O-])cc1)C1=CSC2C(=Cc3ccns3)C(=O)N12. The van der Waals surface area contributed by atoms with Gasteiger partial charge in [0.2, 0.25) is 0 Å². The lowest BCUT2D eigenvalue weighted by Gasteiger charge is -2.37. The molecule has 27 heavy (non-hydrogen) atoms. The quantitative estimate of drug-likeness (QED) is 0.249. The second kappa shape index (κ2) is 6.97. The number of rotatable bonds is 5. The fourth-order valence-corrected chi connectivity index (χ4v) is 4.31. The lowest BCUT2D eigenvalue weighted by atomic mass is 10.0. The first kappa shape index (κ1) is 17.4. The molecule has 1 saturated heterocycles. The van der Waals surface area contributed by atoms with Crippen LogP contribution in [0, 0.1) is 10.1 Å². The largest absolute Gasteiger partial charge is 0.456 e. The van der Waals surface area contributed by atoms with E-state index in [1.54, 1.807) is 17.7 Å². The molecule has 1 unspecified atom stereocenters. The Hall–Kier alpha value is -2.98. The van der Waals surface area contributed by atoms with Crippen molar-refractivity contribution in [3.05, 3.63) is 73.8 Å². The molecule has 1 fully saturated rings. The zero-order chi connectivity index (χ0) is 19.0. The van der Waals surface area contributed by atoms with E-state index in [0.29, 0.717) is 11.1 Å². The molecule has 0 spiro atoms. The summed E-state index contributed by atoms with van der Waals surface area (Å²) >= 11 is 2.67. The van der Waals surface area contributed by atoms with Crippen LogP contribution in [0.15, 0.2) is 53.2 Å². The number of benzene rings is 1. The summed E-state index contributed by atoms with van der Waals surface area (Å²) < 4.78 is 9.24. The van der Waals surface area contributed by atoms with Crippen molar-refractivity contribution >= 4 is 46.9 Å². The fourth-order valence-electron chi connectivity index (χ4n) is 2.65. The average Bonchev–Trinajstić information content (AvgIpc) is 3.32. The fraction of sp³-hybridized carbons (Fsp3) is 0.118. The molecule has 0 N–H and O–H groups in total. The number of nitro benzene ring substituents is 1. The maximum Gasteiger partial charge on any atom is 0.355 e. The Labute approximate surface area is 161 Å². The zero-order valence-electron chi connectivity index (χ0n) is 13.6.